The molecule has 1 aliphatic rings. The van der Waals surface area contributed by atoms with Gasteiger partial charge in [-0.3, -0.25) is 9.69 Å². The molecule has 0 atom stereocenters. The summed E-state index contributed by atoms with van der Waals surface area (Å²) >= 11 is 1.57. The zero-order valence-electron chi connectivity index (χ0n) is 13.1. The van der Waals surface area contributed by atoms with Gasteiger partial charge in [0.15, 0.2) is 0 Å². The van der Waals surface area contributed by atoms with E-state index in [-0.39, 0.29) is 5.91 Å². The van der Waals surface area contributed by atoms with Crippen LogP contribution in [0.5, 0.6) is 5.75 Å². The maximum absolute atomic E-state index is 12.4. The number of ether oxygens (including phenoxy) is 1. The number of hydrogen-bond acceptors (Lipinski definition) is 6. The molecule has 2 aromatic rings. The second kappa shape index (κ2) is 7.52. The van der Waals surface area contributed by atoms with Crippen molar-refractivity contribution in [3.63, 3.8) is 0 Å². The fourth-order valence-corrected chi connectivity index (χ4v) is 3.21. The number of amides is 1. The van der Waals surface area contributed by atoms with Crippen molar-refractivity contribution in [3.8, 4) is 5.75 Å². The Morgan fingerprint density at radius 1 is 1.22 bits per heavy atom. The molecule has 1 aliphatic heterocycles. The lowest BCUT2D eigenvalue weighted by Crippen LogP contribution is -2.48. The monoisotopic (exact) mass is 332 g/mol. The first-order chi connectivity index (χ1) is 11.2. The number of aromatic nitrogens is 2. The highest BCUT2D eigenvalue weighted by Gasteiger charge is 2.21. The Morgan fingerprint density at radius 3 is 2.57 bits per heavy atom. The molecule has 3 rings (SSSR count). The number of piperazine rings is 1. The van der Waals surface area contributed by atoms with Crippen molar-refractivity contribution < 1.29 is 9.53 Å². The minimum absolute atomic E-state index is 0.186. The molecule has 0 radical (unpaired) electrons. The molecule has 0 N–H and O–H groups in total. The third-order valence-electron chi connectivity index (χ3n) is 4.00. The summed E-state index contributed by atoms with van der Waals surface area (Å²) in [5, 5.41) is 8.96. The van der Waals surface area contributed by atoms with Crippen LogP contribution in [0.25, 0.3) is 0 Å². The molecule has 2 heterocycles. The quantitative estimate of drug-likeness (QED) is 0.829. The van der Waals surface area contributed by atoms with Crippen LogP contribution in [0, 0.1) is 0 Å². The lowest BCUT2D eigenvalue weighted by molar-refractivity contribution is -0.132. The van der Waals surface area contributed by atoms with Crippen LogP contribution in [0.15, 0.2) is 29.8 Å². The van der Waals surface area contributed by atoms with Crippen molar-refractivity contribution in [1.29, 1.82) is 0 Å². The van der Waals surface area contributed by atoms with Crippen LogP contribution in [-0.4, -0.2) is 59.2 Å². The van der Waals surface area contributed by atoms with Gasteiger partial charge >= 0.3 is 0 Å². The molecular weight excluding hydrogens is 312 g/mol. The van der Waals surface area contributed by atoms with Gasteiger partial charge in [-0.1, -0.05) is 12.1 Å². The first-order valence-corrected chi connectivity index (χ1v) is 8.50. The molecule has 23 heavy (non-hydrogen) atoms. The lowest BCUT2D eigenvalue weighted by Gasteiger charge is -2.34. The average molecular weight is 332 g/mol. The molecule has 0 saturated carbocycles. The van der Waals surface area contributed by atoms with Crippen molar-refractivity contribution in [1.82, 2.24) is 20.0 Å². The van der Waals surface area contributed by atoms with Crippen molar-refractivity contribution >= 4 is 17.2 Å². The Bertz CT molecular complexity index is 622. The van der Waals surface area contributed by atoms with Crippen molar-refractivity contribution in [2.24, 2.45) is 0 Å². The number of methoxy groups -OCH3 is 1. The van der Waals surface area contributed by atoms with Crippen LogP contribution in [0.3, 0.4) is 0 Å². The predicted molar refractivity (Wildman–Crippen MR) is 88.5 cm³/mol. The van der Waals surface area contributed by atoms with Crippen LogP contribution in [0.1, 0.15) is 10.6 Å². The highest BCUT2D eigenvalue weighted by molar-refractivity contribution is 7.09. The van der Waals surface area contributed by atoms with Crippen molar-refractivity contribution in [2.45, 2.75) is 13.0 Å². The number of carbonyl (C=O) groups is 1. The van der Waals surface area contributed by atoms with Gasteiger partial charge < -0.3 is 9.64 Å². The minimum Gasteiger partial charge on any atom is -0.497 e. The van der Waals surface area contributed by atoms with Gasteiger partial charge in [-0.05, 0) is 17.7 Å². The zero-order chi connectivity index (χ0) is 16.1. The molecule has 6 nitrogen and oxygen atoms in total. The first kappa shape index (κ1) is 15.9. The third-order valence-corrected chi connectivity index (χ3v) is 4.69. The summed E-state index contributed by atoms with van der Waals surface area (Å²) in [7, 11) is 1.64. The summed E-state index contributed by atoms with van der Waals surface area (Å²) in [6.45, 7) is 4.13. The Hall–Kier alpha value is -1.99. The molecular formula is C16H20N4O2S. The van der Waals surface area contributed by atoms with Gasteiger partial charge in [0, 0.05) is 26.2 Å². The molecule has 1 fully saturated rings. The van der Waals surface area contributed by atoms with E-state index in [4.69, 9.17) is 4.74 Å². The summed E-state index contributed by atoms with van der Waals surface area (Å²) in [6.07, 6.45) is 0.445. The highest BCUT2D eigenvalue weighted by Crippen LogP contribution is 2.14. The molecule has 1 aromatic carbocycles. The van der Waals surface area contributed by atoms with Crippen LogP contribution in [-0.2, 0) is 17.8 Å². The Kier molecular flexibility index (Phi) is 5.19. The predicted octanol–water partition coefficient (Wildman–Crippen LogP) is 1.43. The summed E-state index contributed by atoms with van der Waals surface area (Å²) in [4.78, 5) is 16.7. The Morgan fingerprint density at radius 2 is 1.96 bits per heavy atom. The van der Waals surface area contributed by atoms with Crippen LogP contribution >= 0.6 is 11.3 Å². The van der Waals surface area contributed by atoms with E-state index in [0.29, 0.717) is 6.42 Å². The van der Waals surface area contributed by atoms with Gasteiger partial charge in [0.1, 0.15) is 16.3 Å². The van der Waals surface area contributed by atoms with Gasteiger partial charge in [-0.2, -0.15) is 0 Å². The highest BCUT2D eigenvalue weighted by atomic mass is 32.1. The number of benzene rings is 1. The van der Waals surface area contributed by atoms with E-state index in [2.05, 4.69) is 15.1 Å². The van der Waals surface area contributed by atoms with E-state index < -0.39 is 0 Å². The van der Waals surface area contributed by atoms with Gasteiger partial charge in [0.05, 0.1) is 20.1 Å². The molecule has 122 valence electrons. The lowest BCUT2D eigenvalue weighted by atomic mass is 10.1. The maximum atomic E-state index is 12.4. The molecule has 0 aliphatic carbocycles. The third kappa shape index (κ3) is 4.27. The van der Waals surface area contributed by atoms with Crippen LogP contribution in [0.2, 0.25) is 0 Å². The van der Waals surface area contributed by atoms with Gasteiger partial charge in [0.25, 0.3) is 0 Å². The standard InChI is InChI=1S/C16H20N4O2S/c1-22-14-4-2-13(3-5-14)10-16(21)20-8-6-19(7-9-20)11-15-18-17-12-23-15/h2-5,12H,6-11H2,1H3. The number of nitrogens with zero attached hydrogens (tertiary/aromatic N) is 4. The molecule has 1 amide bonds. The number of carbonyl (C=O) groups excluding carboxylic acids is 1. The van der Waals surface area contributed by atoms with E-state index in [1.165, 1.54) is 0 Å². The van der Waals surface area contributed by atoms with E-state index in [1.807, 2.05) is 29.2 Å². The fourth-order valence-electron chi connectivity index (χ4n) is 2.64. The molecule has 0 spiro atoms. The van der Waals surface area contributed by atoms with Crippen molar-refractivity contribution in [2.75, 3.05) is 33.3 Å². The molecule has 0 bridgehead atoms. The molecule has 1 saturated heterocycles. The van der Waals surface area contributed by atoms with Gasteiger partial charge in [0.2, 0.25) is 5.91 Å². The van der Waals surface area contributed by atoms with E-state index in [0.717, 1.165) is 49.0 Å². The first-order valence-electron chi connectivity index (χ1n) is 7.62. The second-order valence-electron chi connectivity index (χ2n) is 5.51. The maximum Gasteiger partial charge on any atom is 0.227 e. The van der Waals surface area contributed by atoms with Crippen LogP contribution in [0.4, 0.5) is 0 Å². The van der Waals surface area contributed by atoms with Crippen LogP contribution < -0.4 is 4.74 Å². The Balaban J connectivity index is 1.47. The molecule has 7 heteroatoms. The minimum atomic E-state index is 0.186. The average Bonchev–Trinajstić information content (AvgIpc) is 3.09. The number of hydrogen-bond donors (Lipinski definition) is 0. The van der Waals surface area contributed by atoms with Crippen molar-refractivity contribution in [3.05, 3.63) is 40.3 Å². The summed E-state index contributed by atoms with van der Waals surface area (Å²) in [5.74, 6) is 0.997. The van der Waals surface area contributed by atoms with E-state index in [9.17, 15) is 4.79 Å². The SMILES string of the molecule is COc1ccc(CC(=O)N2CCN(Cc3nncs3)CC2)cc1. The van der Waals surface area contributed by atoms with E-state index >= 15 is 0 Å². The number of rotatable bonds is 5. The second-order valence-corrected chi connectivity index (χ2v) is 6.43. The molecule has 1 aromatic heterocycles. The Labute approximate surface area is 139 Å². The summed E-state index contributed by atoms with van der Waals surface area (Å²) in [6, 6.07) is 7.68. The normalized spacial score (nSPS) is 15.6. The topological polar surface area (TPSA) is 58.6 Å². The zero-order valence-corrected chi connectivity index (χ0v) is 14.0. The summed E-state index contributed by atoms with van der Waals surface area (Å²) < 4.78 is 5.14. The van der Waals surface area contributed by atoms with Gasteiger partial charge in [-0.15, -0.1) is 21.5 Å². The van der Waals surface area contributed by atoms with Gasteiger partial charge in [-0.25, -0.2) is 0 Å². The van der Waals surface area contributed by atoms with E-state index in [1.54, 1.807) is 24.0 Å². The largest absolute Gasteiger partial charge is 0.497 e. The summed E-state index contributed by atoms with van der Waals surface area (Å²) in [5.41, 5.74) is 2.77. The molecule has 0 unspecified atom stereocenters. The smallest absolute Gasteiger partial charge is 0.227 e. The fraction of sp³-hybridized carbons (Fsp3) is 0.438.